The van der Waals surface area contributed by atoms with Gasteiger partial charge in [-0.3, -0.25) is 4.79 Å². The maximum atomic E-state index is 11.2. The van der Waals surface area contributed by atoms with Gasteiger partial charge >= 0.3 is 5.97 Å². The van der Waals surface area contributed by atoms with Crippen LogP contribution >= 0.6 is 0 Å². The van der Waals surface area contributed by atoms with Crippen LogP contribution in [0.15, 0.2) is 0 Å². The number of carbonyl (C=O) groups is 1. The van der Waals surface area contributed by atoms with Crippen molar-refractivity contribution < 1.29 is 9.90 Å². The lowest BCUT2D eigenvalue weighted by molar-refractivity contribution is -0.147. The van der Waals surface area contributed by atoms with Crippen LogP contribution in [0.3, 0.4) is 0 Å². The summed E-state index contributed by atoms with van der Waals surface area (Å²) in [6.45, 7) is 0.956. The minimum atomic E-state index is -0.569. The van der Waals surface area contributed by atoms with E-state index < -0.39 is 5.97 Å². The van der Waals surface area contributed by atoms with Crippen molar-refractivity contribution >= 4 is 5.97 Å². The fourth-order valence-corrected chi connectivity index (χ4v) is 3.36. The fourth-order valence-electron chi connectivity index (χ4n) is 3.36. The minimum absolute atomic E-state index is 0.0794. The predicted molar refractivity (Wildman–Crippen MR) is 58.7 cm³/mol. The van der Waals surface area contributed by atoms with Crippen LogP contribution in [-0.4, -0.2) is 35.6 Å². The second kappa shape index (κ2) is 4.52. The van der Waals surface area contributed by atoms with Crippen molar-refractivity contribution in [2.45, 2.75) is 44.6 Å². The third kappa shape index (κ3) is 2.17. The van der Waals surface area contributed by atoms with Crippen molar-refractivity contribution in [3.63, 3.8) is 0 Å². The van der Waals surface area contributed by atoms with Crippen LogP contribution in [0.1, 0.15) is 38.5 Å². The van der Waals surface area contributed by atoms with Gasteiger partial charge in [0.1, 0.15) is 0 Å². The van der Waals surface area contributed by atoms with Crippen LogP contribution in [-0.2, 0) is 4.79 Å². The highest BCUT2D eigenvalue weighted by Crippen LogP contribution is 2.37. The summed E-state index contributed by atoms with van der Waals surface area (Å²) in [6.07, 6.45) is 6.94. The van der Waals surface area contributed by atoms with E-state index in [1.165, 1.54) is 25.7 Å². The van der Waals surface area contributed by atoms with Crippen LogP contribution in [0.25, 0.3) is 0 Å². The first-order valence-electron chi connectivity index (χ1n) is 6.13. The van der Waals surface area contributed by atoms with Crippen LogP contribution in [0.4, 0.5) is 0 Å². The lowest BCUT2D eigenvalue weighted by Crippen LogP contribution is -2.48. The van der Waals surface area contributed by atoms with Crippen molar-refractivity contribution in [1.29, 1.82) is 0 Å². The zero-order chi connectivity index (χ0) is 10.8. The molecule has 1 saturated heterocycles. The Morgan fingerprint density at radius 2 is 1.93 bits per heavy atom. The molecule has 2 aliphatic rings. The number of piperidine rings is 1. The van der Waals surface area contributed by atoms with Gasteiger partial charge in [-0.15, -0.1) is 0 Å². The van der Waals surface area contributed by atoms with Crippen LogP contribution in [0.2, 0.25) is 0 Å². The average Bonchev–Trinajstić information content (AvgIpc) is 2.43. The SMILES string of the molecule is CN1CCC(C(=O)O)C2CCCCCC21. The number of aliphatic carboxylic acids is 1. The quantitative estimate of drug-likeness (QED) is 0.721. The van der Waals surface area contributed by atoms with E-state index in [-0.39, 0.29) is 5.92 Å². The molecule has 0 amide bonds. The van der Waals surface area contributed by atoms with E-state index in [0.29, 0.717) is 12.0 Å². The summed E-state index contributed by atoms with van der Waals surface area (Å²) in [7, 11) is 2.15. The Morgan fingerprint density at radius 3 is 2.67 bits per heavy atom. The summed E-state index contributed by atoms with van der Waals surface area (Å²) in [5, 5.41) is 9.24. The Bertz CT molecular complexity index is 242. The van der Waals surface area contributed by atoms with Gasteiger partial charge < -0.3 is 10.0 Å². The third-order valence-corrected chi connectivity index (χ3v) is 4.22. The number of hydrogen-bond acceptors (Lipinski definition) is 2. The summed E-state index contributed by atoms with van der Waals surface area (Å²) in [4.78, 5) is 13.6. The number of fused-ring (bicyclic) bond motifs is 1. The van der Waals surface area contributed by atoms with E-state index in [2.05, 4.69) is 11.9 Å². The summed E-state index contributed by atoms with van der Waals surface area (Å²) in [5.74, 6) is -0.243. The molecule has 2 rings (SSSR count). The number of carboxylic acids is 1. The number of nitrogens with zero attached hydrogens (tertiary/aromatic N) is 1. The van der Waals surface area contributed by atoms with Gasteiger partial charge in [-0.2, -0.15) is 0 Å². The van der Waals surface area contributed by atoms with Crippen molar-refractivity contribution in [2.75, 3.05) is 13.6 Å². The Kier molecular flexibility index (Phi) is 3.29. The first-order valence-corrected chi connectivity index (χ1v) is 6.13. The Morgan fingerprint density at radius 1 is 1.20 bits per heavy atom. The highest BCUT2D eigenvalue weighted by atomic mass is 16.4. The van der Waals surface area contributed by atoms with E-state index in [1.807, 2.05) is 0 Å². The van der Waals surface area contributed by atoms with Crippen LogP contribution < -0.4 is 0 Å². The molecule has 3 unspecified atom stereocenters. The normalized spacial score (nSPS) is 38.1. The molecule has 0 spiro atoms. The molecular weight excluding hydrogens is 190 g/mol. The molecule has 86 valence electrons. The topological polar surface area (TPSA) is 40.5 Å². The van der Waals surface area contributed by atoms with Gasteiger partial charge in [0.2, 0.25) is 0 Å². The summed E-state index contributed by atoms with van der Waals surface area (Å²) in [5.41, 5.74) is 0. The molecule has 3 heteroatoms. The standard InChI is InChI=1S/C12H21NO2/c1-13-8-7-10(12(14)15)9-5-3-2-4-6-11(9)13/h9-11H,2-8H2,1H3,(H,14,15). The lowest BCUT2D eigenvalue weighted by atomic mass is 9.77. The molecular formula is C12H21NO2. The average molecular weight is 211 g/mol. The van der Waals surface area contributed by atoms with Crippen molar-refractivity contribution in [3.8, 4) is 0 Å². The second-order valence-corrected chi connectivity index (χ2v) is 5.08. The molecule has 3 atom stereocenters. The molecule has 3 nitrogen and oxygen atoms in total. The monoisotopic (exact) mass is 211 g/mol. The van der Waals surface area contributed by atoms with E-state index in [4.69, 9.17) is 0 Å². The minimum Gasteiger partial charge on any atom is -0.481 e. The zero-order valence-corrected chi connectivity index (χ0v) is 9.48. The van der Waals surface area contributed by atoms with Gasteiger partial charge in [0.05, 0.1) is 5.92 Å². The van der Waals surface area contributed by atoms with E-state index in [1.54, 1.807) is 0 Å². The molecule has 0 aromatic carbocycles. The molecule has 2 fully saturated rings. The van der Waals surface area contributed by atoms with Gasteiger partial charge in [0.25, 0.3) is 0 Å². The Balaban J connectivity index is 2.14. The van der Waals surface area contributed by atoms with E-state index in [0.717, 1.165) is 19.4 Å². The first-order chi connectivity index (χ1) is 7.20. The third-order valence-electron chi connectivity index (χ3n) is 4.22. The molecule has 1 N–H and O–H groups in total. The fraction of sp³-hybridized carbons (Fsp3) is 0.917. The van der Waals surface area contributed by atoms with Gasteiger partial charge in [0, 0.05) is 6.04 Å². The molecule has 1 heterocycles. The highest BCUT2D eigenvalue weighted by molar-refractivity contribution is 5.70. The van der Waals surface area contributed by atoms with Gasteiger partial charge in [-0.1, -0.05) is 19.3 Å². The van der Waals surface area contributed by atoms with E-state index >= 15 is 0 Å². The zero-order valence-electron chi connectivity index (χ0n) is 9.48. The molecule has 1 saturated carbocycles. The first kappa shape index (κ1) is 10.9. The smallest absolute Gasteiger partial charge is 0.306 e. The number of rotatable bonds is 1. The predicted octanol–water partition coefficient (Wildman–Crippen LogP) is 1.97. The molecule has 0 aromatic rings. The summed E-state index contributed by atoms with van der Waals surface area (Å²) < 4.78 is 0. The second-order valence-electron chi connectivity index (χ2n) is 5.08. The Hall–Kier alpha value is -0.570. The number of carboxylic acid groups (broad SMARTS) is 1. The van der Waals surface area contributed by atoms with E-state index in [9.17, 15) is 9.90 Å². The lowest BCUT2D eigenvalue weighted by Gasteiger charge is -2.41. The maximum absolute atomic E-state index is 11.2. The number of likely N-dealkylation sites (tertiary alicyclic amines) is 1. The van der Waals surface area contributed by atoms with Gasteiger partial charge in [0.15, 0.2) is 0 Å². The van der Waals surface area contributed by atoms with Gasteiger partial charge in [-0.05, 0) is 38.8 Å². The van der Waals surface area contributed by atoms with Crippen LogP contribution in [0.5, 0.6) is 0 Å². The molecule has 1 aliphatic heterocycles. The molecule has 1 aliphatic carbocycles. The molecule has 0 bridgehead atoms. The van der Waals surface area contributed by atoms with Crippen molar-refractivity contribution in [3.05, 3.63) is 0 Å². The molecule has 15 heavy (non-hydrogen) atoms. The van der Waals surface area contributed by atoms with Gasteiger partial charge in [-0.25, -0.2) is 0 Å². The van der Waals surface area contributed by atoms with Crippen molar-refractivity contribution in [1.82, 2.24) is 4.90 Å². The molecule has 0 aromatic heterocycles. The number of hydrogen-bond donors (Lipinski definition) is 1. The van der Waals surface area contributed by atoms with Crippen molar-refractivity contribution in [2.24, 2.45) is 11.8 Å². The summed E-state index contributed by atoms with van der Waals surface area (Å²) in [6, 6.07) is 0.530. The Labute approximate surface area is 91.5 Å². The summed E-state index contributed by atoms with van der Waals surface area (Å²) >= 11 is 0. The largest absolute Gasteiger partial charge is 0.481 e. The van der Waals surface area contributed by atoms with Crippen LogP contribution in [0, 0.1) is 11.8 Å². The highest BCUT2D eigenvalue weighted by Gasteiger charge is 2.40. The molecule has 0 radical (unpaired) electrons. The maximum Gasteiger partial charge on any atom is 0.306 e.